The normalized spacial score (nSPS) is 19.7. The molecule has 0 saturated carbocycles. The number of hydrogen-bond donors (Lipinski definition) is 7. The molecule has 0 aliphatic carbocycles. The minimum absolute atomic E-state index is 0.0257. The summed E-state index contributed by atoms with van der Waals surface area (Å²) in [5, 5.41) is 22.4. The molecule has 9 N–H and O–H groups in total. The molecule has 17 nitrogen and oxygen atoms in total. The molecule has 3 aromatic carbocycles. The van der Waals surface area contributed by atoms with Gasteiger partial charge in [-0.3, -0.25) is 38.5 Å². The molecule has 3 aliphatic rings. The lowest BCUT2D eigenvalue weighted by Crippen LogP contribution is -2.57. The van der Waals surface area contributed by atoms with Gasteiger partial charge in [0, 0.05) is 37.9 Å². The predicted octanol–water partition coefficient (Wildman–Crippen LogP) is 4.82. The number of aliphatic hydroxyl groups is 1. The van der Waals surface area contributed by atoms with Crippen LogP contribution in [0.25, 0.3) is 10.4 Å². The number of likely N-dealkylation sites (tertiary alicyclic amines) is 1. The number of para-hydroxylation sites is 1. The van der Waals surface area contributed by atoms with E-state index in [9.17, 15) is 38.7 Å². The topological polar surface area (TPSA) is 259 Å². The van der Waals surface area contributed by atoms with Crippen LogP contribution in [0.3, 0.4) is 0 Å². The van der Waals surface area contributed by atoms with Crippen LogP contribution in [0.1, 0.15) is 119 Å². The van der Waals surface area contributed by atoms with Crippen molar-refractivity contribution in [2.45, 2.75) is 155 Å². The largest absolute Gasteiger partial charge is 0.391 e. The van der Waals surface area contributed by atoms with E-state index < -0.39 is 65.4 Å². The molecule has 7 atom stereocenters. The van der Waals surface area contributed by atoms with E-state index in [4.69, 9.17) is 11.5 Å². The van der Waals surface area contributed by atoms with Gasteiger partial charge in [0.1, 0.15) is 24.2 Å². The number of aromatic nitrogens is 1. The summed E-state index contributed by atoms with van der Waals surface area (Å²) >= 11 is 1.57. The molecule has 384 valence electrons. The zero-order chi connectivity index (χ0) is 52.0. The van der Waals surface area contributed by atoms with Crippen LogP contribution in [0, 0.1) is 19.3 Å². The van der Waals surface area contributed by atoms with Gasteiger partial charge in [-0.15, -0.1) is 11.3 Å². The average molecular weight is 1000 g/mol. The maximum absolute atomic E-state index is 14.2. The van der Waals surface area contributed by atoms with Gasteiger partial charge in [-0.1, -0.05) is 75.7 Å². The Morgan fingerprint density at radius 3 is 2.32 bits per heavy atom. The summed E-state index contributed by atoms with van der Waals surface area (Å²) in [6.07, 6.45) is 3.09. The van der Waals surface area contributed by atoms with Crippen molar-refractivity contribution < 1.29 is 38.7 Å². The van der Waals surface area contributed by atoms with Crippen molar-refractivity contribution in [2.75, 3.05) is 16.8 Å². The van der Waals surface area contributed by atoms with Crippen molar-refractivity contribution in [1.82, 2.24) is 25.8 Å². The van der Waals surface area contributed by atoms with Crippen LogP contribution < -0.4 is 37.6 Å². The van der Waals surface area contributed by atoms with Crippen molar-refractivity contribution in [3.05, 3.63) is 99.7 Å². The van der Waals surface area contributed by atoms with Gasteiger partial charge < -0.3 is 42.7 Å². The number of primary amides is 1. The quantitative estimate of drug-likeness (QED) is 0.0631. The molecular formula is C54H69N9O8S. The average Bonchev–Trinajstić information content (AvgIpc) is 4.04. The molecule has 18 heteroatoms. The molecule has 3 aliphatic heterocycles. The first-order chi connectivity index (χ1) is 34.2. The van der Waals surface area contributed by atoms with Gasteiger partial charge >= 0.3 is 0 Å². The fourth-order valence-corrected chi connectivity index (χ4v) is 10.8. The lowest BCUT2D eigenvalue weighted by Gasteiger charge is -2.35. The van der Waals surface area contributed by atoms with E-state index in [1.807, 2.05) is 102 Å². The van der Waals surface area contributed by atoms with E-state index in [-0.39, 0.29) is 62.4 Å². The standard InChI is InChI=1S/C54H69N9O8S/c1-30-23-33(25-38(24-30)59-49(67)41(21-22-44(56)65)60-51(69)43-26-37-13-10-12-35-19-20-40(55)52(70)63(43)46(35)37)11-8-7-9-14-45(66)61-48(54(4,5)6)53(71)62-28-39(64)27-42(62)50(68)58-31(2)34-15-17-36(18-16-34)47-32(3)57-29-72-47/h10,12-13,15-18,23-25,29,31,39-43,48,64H,7-9,11,14,19-22,26-28,55H2,1-6H3,(H2,56,65)(H,58,68)(H,59,67)(H,60,69)(H,61,66)/t31-,39+,40-,41-,42?,43-,48+/m0/s1. The molecular weight excluding hydrogens is 935 g/mol. The number of hydrogen-bond acceptors (Lipinski definition) is 11. The van der Waals surface area contributed by atoms with Crippen LogP contribution in [0.2, 0.25) is 0 Å². The third-order valence-electron chi connectivity index (χ3n) is 13.9. The van der Waals surface area contributed by atoms with Crippen molar-refractivity contribution >= 4 is 64.1 Å². The van der Waals surface area contributed by atoms with Gasteiger partial charge in [0.2, 0.25) is 41.4 Å². The molecule has 1 saturated heterocycles. The molecule has 4 aromatic rings. The number of β-amino-alcohol motifs (C(OH)–C–C–N with tert-alkyl or cyclic N) is 1. The fraction of sp³-hybridized carbons (Fsp3) is 0.481. The van der Waals surface area contributed by atoms with E-state index in [1.165, 1.54) is 9.80 Å². The number of nitrogens with two attached hydrogens (primary N) is 2. The van der Waals surface area contributed by atoms with Crippen LogP contribution in [-0.4, -0.2) is 99.2 Å². The summed E-state index contributed by atoms with van der Waals surface area (Å²) in [5.41, 5.74) is 20.5. The number of aryl methyl sites for hydroxylation is 4. The number of nitrogens with zero attached hydrogens (tertiary/aromatic N) is 3. The summed E-state index contributed by atoms with van der Waals surface area (Å²) in [5.74, 6) is -3.14. The second-order valence-corrected chi connectivity index (χ2v) is 21.6. The molecule has 0 bridgehead atoms. The second-order valence-electron chi connectivity index (χ2n) is 20.7. The highest BCUT2D eigenvalue weighted by molar-refractivity contribution is 7.13. The maximum Gasteiger partial charge on any atom is 0.246 e. The Kier molecular flexibility index (Phi) is 17.0. The number of rotatable bonds is 19. The number of unbranched alkanes of at least 4 members (excludes halogenated alkanes) is 2. The number of carbonyl (C=O) groups excluding carboxylic acids is 7. The number of benzene rings is 3. The van der Waals surface area contributed by atoms with E-state index in [2.05, 4.69) is 26.3 Å². The third-order valence-corrected chi connectivity index (χ3v) is 14.9. The van der Waals surface area contributed by atoms with Crippen molar-refractivity contribution in [3.63, 3.8) is 0 Å². The molecule has 1 unspecified atom stereocenters. The lowest BCUT2D eigenvalue weighted by atomic mass is 9.85. The number of aliphatic hydroxyl groups excluding tert-OH is 1. The summed E-state index contributed by atoms with van der Waals surface area (Å²) in [7, 11) is 0. The molecule has 0 radical (unpaired) electrons. The Morgan fingerprint density at radius 1 is 0.903 bits per heavy atom. The number of carbonyl (C=O) groups is 7. The molecule has 72 heavy (non-hydrogen) atoms. The molecule has 0 spiro atoms. The Labute approximate surface area is 425 Å². The van der Waals surface area contributed by atoms with Crippen LogP contribution in [0.15, 0.2) is 66.2 Å². The summed E-state index contributed by atoms with van der Waals surface area (Å²) < 4.78 is 0. The molecule has 1 aromatic heterocycles. The smallest absolute Gasteiger partial charge is 0.246 e. The van der Waals surface area contributed by atoms with E-state index >= 15 is 0 Å². The lowest BCUT2D eigenvalue weighted by molar-refractivity contribution is -0.144. The Morgan fingerprint density at radius 2 is 1.62 bits per heavy atom. The highest BCUT2D eigenvalue weighted by Gasteiger charge is 2.46. The monoisotopic (exact) mass is 1000 g/mol. The van der Waals surface area contributed by atoms with Gasteiger partial charge in [0.05, 0.1) is 40.0 Å². The van der Waals surface area contributed by atoms with Crippen molar-refractivity contribution in [3.8, 4) is 10.4 Å². The zero-order valence-electron chi connectivity index (χ0n) is 42.1. The summed E-state index contributed by atoms with van der Waals surface area (Å²) in [4.78, 5) is 103. The van der Waals surface area contributed by atoms with Crippen molar-refractivity contribution in [2.24, 2.45) is 16.9 Å². The highest BCUT2D eigenvalue weighted by Crippen LogP contribution is 2.39. The Hall–Kier alpha value is -6.50. The minimum Gasteiger partial charge on any atom is -0.391 e. The molecule has 7 amide bonds. The van der Waals surface area contributed by atoms with Crippen molar-refractivity contribution in [1.29, 1.82) is 0 Å². The molecule has 1 fully saturated rings. The van der Waals surface area contributed by atoms with E-state index in [0.717, 1.165) is 50.4 Å². The molecule has 7 rings (SSSR count). The predicted molar refractivity (Wildman–Crippen MR) is 276 cm³/mol. The first-order valence-electron chi connectivity index (χ1n) is 25.0. The minimum atomic E-state index is -1.13. The number of nitrogens with one attached hydrogen (secondary N) is 4. The maximum atomic E-state index is 14.2. The first-order valence-corrected chi connectivity index (χ1v) is 25.8. The van der Waals surface area contributed by atoms with E-state index in [0.29, 0.717) is 43.5 Å². The van der Waals surface area contributed by atoms with Crippen LogP contribution in [0.5, 0.6) is 0 Å². The highest BCUT2D eigenvalue weighted by atomic mass is 32.1. The SMILES string of the molecule is Cc1cc(CCCCCC(=O)N[C@H](C(=O)N2C[C@H](O)CC2C(=O)N[C@@H](C)c2ccc(-c3scnc3C)cc2)C(C)(C)C)cc(NC(=O)[C@H](CCC(N)=O)NC(=O)[C@@H]2Cc3cccc4c3N2C(=O)[C@@H](N)CC4)c1. The summed E-state index contributed by atoms with van der Waals surface area (Å²) in [6.45, 7) is 11.3. The zero-order valence-corrected chi connectivity index (χ0v) is 42.9. The number of amides is 7. The number of thiazole rings is 1. The van der Waals surface area contributed by atoms with E-state index in [1.54, 1.807) is 17.4 Å². The first kappa shape index (κ1) is 53.3. The van der Waals surface area contributed by atoms with Crippen LogP contribution >= 0.6 is 11.3 Å². The number of anilines is 2. The Bertz CT molecular complexity index is 2680. The van der Waals surface area contributed by atoms with Gasteiger partial charge in [0.15, 0.2) is 0 Å². The summed E-state index contributed by atoms with van der Waals surface area (Å²) in [6, 6.07) is 14.3. The van der Waals surface area contributed by atoms with Crippen LogP contribution in [-0.2, 0) is 52.8 Å². The van der Waals surface area contributed by atoms with Gasteiger partial charge in [-0.25, -0.2) is 4.98 Å². The fourth-order valence-electron chi connectivity index (χ4n) is 10.0. The van der Waals surface area contributed by atoms with Gasteiger partial charge in [-0.2, -0.15) is 0 Å². The third kappa shape index (κ3) is 12.7. The Balaban J connectivity index is 0.900. The second kappa shape index (κ2) is 22.9. The van der Waals surface area contributed by atoms with Gasteiger partial charge in [-0.05, 0) is 110 Å². The molecule has 4 heterocycles. The van der Waals surface area contributed by atoms with Crippen LogP contribution in [0.4, 0.5) is 11.4 Å². The van der Waals surface area contributed by atoms with Gasteiger partial charge in [0.25, 0.3) is 0 Å².